The second-order valence-electron chi connectivity index (χ2n) is 5.93. The summed E-state index contributed by atoms with van der Waals surface area (Å²) in [4.78, 5) is 25.6. The summed E-state index contributed by atoms with van der Waals surface area (Å²) in [6, 6.07) is 6.37. The van der Waals surface area contributed by atoms with E-state index in [0.717, 1.165) is 0 Å². The van der Waals surface area contributed by atoms with Gasteiger partial charge in [-0.1, -0.05) is 12.1 Å². The van der Waals surface area contributed by atoms with E-state index in [4.69, 9.17) is 4.74 Å². The van der Waals surface area contributed by atoms with Crippen LogP contribution in [0.5, 0.6) is 0 Å². The van der Waals surface area contributed by atoms with Gasteiger partial charge in [0.15, 0.2) is 0 Å². The molecule has 25 heavy (non-hydrogen) atoms. The van der Waals surface area contributed by atoms with E-state index in [1.54, 1.807) is 25.1 Å². The molecule has 1 atom stereocenters. The number of alkyl halides is 3. The van der Waals surface area contributed by atoms with E-state index in [-0.39, 0.29) is 37.4 Å². The second kappa shape index (κ2) is 8.33. The molecule has 1 saturated heterocycles. The van der Waals surface area contributed by atoms with Crippen LogP contribution >= 0.6 is 0 Å². The van der Waals surface area contributed by atoms with Crippen LogP contribution in [0.1, 0.15) is 30.1 Å². The van der Waals surface area contributed by atoms with Gasteiger partial charge in [0, 0.05) is 6.54 Å². The van der Waals surface area contributed by atoms with Crippen LogP contribution in [-0.4, -0.2) is 49.2 Å². The van der Waals surface area contributed by atoms with Gasteiger partial charge in [0.05, 0.1) is 30.3 Å². The molecule has 1 heterocycles. The van der Waals surface area contributed by atoms with Crippen LogP contribution in [0.4, 0.5) is 18.9 Å². The van der Waals surface area contributed by atoms with Crippen LogP contribution in [-0.2, 0) is 9.53 Å². The quantitative estimate of drug-likeness (QED) is 0.822. The Balaban J connectivity index is 1.98. The van der Waals surface area contributed by atoms with Gasteiger partial charge in [0.1, 0.15) is 0 Å². The van der Waals surface area contributed by atoms with Crippen LogP contribution in [0.25, 0.3) is 0 Å². The number of benzene rings is 1. The van der Waals surface area contributed by atoms with Crippen molar-refractivity contribution in [3.63, 3.8) is 0 Å². The third-order valence-corrected chi connectivity index (χ3v) is 4.03. The first-order valence-electron chi connectivity index (χ1n) is 8.16. The number of piperidine rings is 1. The number of nitrogens with one attached hydrogen (secondary N) is 1. The molecule has 8 heteroatoms. The summed E-state index contributed by atoms with van der Waals surface area (Å²) in [6.45, 7) is 1.99. The van der Waals surface area contributed by atoms with E-state index >= 15 is 0 Å². The molecular formula is C17H21F3N2O3. The van der Waals surface area contributed by atoms with Gasteiger partial charge in [-0.3, -0.25) is 9.69 Å². The molecule has 0 aliphatic carbocycles. The van der Waals surface area contributed by atoms with Gasteiger partial charge < -0.3 is 10.1 Å². The number of rotatable bonds is 5. The van der Waals surface area contributed by atoms with Gasteiger partial charge >= 0.3 is 12.1 Å². The Bertz CT molecular complexity index is 619. The predicted octanol–water partition coefficient (Wildman–Crippen LogP) is 3.08. The van der Waals surface area contributed by atoms with Crippen LogP contribution in [0.3, 0.4) is 0 Å². The van der Waals surface area contributed by atoms with Crippen molar-refractivity contribution in [1.82, 2.24) is 4.90 Å². The zero-order chi connectivity index (χ0) is 18.4. The first-order valence-corrected chi connectivity index (χ1v) is 8.16. The maximum Gasteiger partial charge on any atom is 0.393 e. The summed E-state index contributed by atoms with van der Waals surface area (Å²) >= 11 is 0. The minimum Gasteiger partial charge on any atom is -0.462 e. The number of hydrogen-bond acceptors (Lipinski definition) is 4. The first-order chi connectivity index (χ1) is 11.8. The minimum absolute atomic E-state index is 0.0906. The molecule has 138 valence electrons. The number of para-hydroxylation sites is 1. The summed E-state index contributed by atoms with van der Waals surface area (Å²) in [5.41, 5.74) is 0.500. The Labute approximate surface area is 144 Å². The number of amides is 1. The number of ether oxygens (including phenoxy) is 1. The normalized spacial score (nSPS) is 18.6. The van der Waals surface area contributed by atoms with Crippen molar-refractivity contribution in [3.8, 4) is 0 Å². The van der Waals surface area contributed by atoms with Gasteiger partial charge in [-0.05, 0) is 38.4 Å². The highest BCUT2D eigenvalue weighted by Crippen LogP contribution is 2.33. The van der Waals surface area contributed by atoms with Crippen LogP contribution in [0.2, 0.25) is 0 Å². The SMILES string of the molecule is CCOC(=O)c1ccccc1NC(=O)CN1CCCC(C(F)(F)F)C1. The van der Waals surface area contributed by atoms with E-state index in [1.807, 2.05) is 0 Å². The topological polar surface area (TPSA) is 58.6 Å². The number of halogens is 3. The molecule has 1 aromatic carbocycles. The van der Waals surface area contributed by atoms with Gasteiger partial charge in [-0.25, -0.2) is 4.79 Å². The maximum absolute atomic E-state index is 12.8. The van der Waals surface area contributed by atoms with Crippen molar-refractivity contribution in [2.24, 2.45) is 5.92 Å². The van der Waals surface area contributed by atoms with Gasteiger partial charge in [0.25, 0.3) is 0 Å². The monoisotopic (exact) mass is 358 g/mol. The zero-order valence-corrected chi connectivity index (χ0v) is 13.9. The lowest BCUT2D eigenvalue weighted by atomic mass is 9.97. The number of hydrogen-bond donors (Lipinski definition) is 1. The van der Waals surface area contributed by atoms with Crippen molar-refractivity contribution < 1.29 is 27.5 Å². The fourth-order valence-corrected chi connectivity index (χ4v) is 2.84. The molecule has 2 rings (SSSR count). The largest absolute Gasteiger partial charge is 0.462 e. The Hall–Kier alpha value is -2.09. The lowest BCUT2D eigenvalue weighted by Crippen LogP contribution is -2.44. The lowest BCUT2D eigenvalue weighted by Gasteiger charge is -2.33. The molecule has 0 radical (unpaired) electrons. The molecule has 1 aliphatic heterocycles. The maximum atomic E-state index is 12.8. The lowest BCUT2D eigenvalue weighted by molar-refractivity contribution is -0.186. The number of likely N-dealkylation sites (tertiary alicyclic amines) is 1. The van der Waals surface area contributed by atoms with Crippen LogP contribution in [0.15, 0.2) is 24.3 Å². The molecule has 1 aromatic rings. The fraction of sp³-hybridized carbons (Fsp3) is 0.529. The van der Waals surface area contributed by atoms with Crippen molar-refractivity contribution in [2.75, 3.05) is 31.6 Å². The van der Waals surface area contributed by atoms with Gasteiger partial charge in [-0.2, -0.15) is 13.2 Å². The van der Waals surface area contributed by atoms with E-state index in [2.05, 4.69) is 5.32 Å². The van der Waals surface area contributed by atoms with Crippen molar-refractivity contribution in [2.45, 2.75) is 25.9 Å². The number of nitrogens with zero attached hydrogens (tertiary/aromatic N) is 1. The molecule has 1 amide bonds. The van der Waals surface area contributed by atoms with E-state index in [0.29, 0.717) is 13.0 Å². The average Bonchev–Trinajstić information content (AvgIpc) is 2.55. The molecule has 1 unspecified atom stereocenters. The summed E-state index contributed by atoms with van der Waals surface area (Å²) in [7, 11) is 0. The highest BCUT2D eigenvalue weighted by atomic mass is 19.4. The van der Waals surface area contributed by atoms with Crippen molar-refractivity contribution >= 4 is 17.6 Å². The standard InChI is InChI=1S/C17H21F3N2O3/c1-2-25-16(24)13-7-3-4-8-14(13)21-15(23)11-22-9-5-6-12(10-22)17(18,19)20/h3-4,7-8,12H,2,5-6,9-11H2,1H3,(H,21,23). The average molecular weight is 358 g/mol. The van der Waals surface area contributed by atoms with Crippen LogP contribution in [0, 0.1) is 5.92 Å². The van der Waals surface area contributed by atoms with Crippen molar-refractivity contribution in [1.29, 1.82) is 0 Å². The van der Waals surface area contributed by atoms with E-state index in [9.17, 15) is 22.8 Å². The minimum atomic E-state index is -4.24. The Kier molecular flexibility index (Phi) is 6.41. The molecule has 0 saturated carbocycles. The highest BCUT2D eigenvalue weighted by Gasteiger charge is 2.41. The highest BCUT2D eigenvalue weighted by molar-refractivity contribution is 6.01. The van der Waals surface area contributed by atoms with E-state index in [1.165, 1.54) is 11.0 Å². The summed E-state index contributed by atoms with van der Waals surface area (Å²) in [5.74, 6) is -2.42. The smallest absolute Gasteiger partial charge is 0.393 e. The molecule has 0 bridgehead atoms. The van der Waals surface area contributed by atoms with Gasteiger partial charge in [0.2, 0.25) is 5.91 Å². The first kappa shape index (κ1) is 19.2. The number of carbonyl (C=O) groups excluding carboxylic acids is 2. The van der Waals surface area contributed by atoms with Gasteiger partial charge in [-0.15, -0.1) is 0 Å². The number of carbonyl (C=O) groups is 2. The Morgan fingerprint density at radius 2 is 2.04 bits per heavy atom. The van der Waals surface area contributed by atoms with Crippen LogP contribution < -0.4 is 5.32 Å². The Morgan fingerprint density at radius 1 is 1.32 bits per heavy atom. The molecule has 0 spiro atoms. The fourth-order valence-electron chi connectivity index (χ4n) is 2.84. The number of anilines is 1. The summed E-state index contributed by atoms with van der Waals surface area (Å²) in [5, 5.41) is 2.59. The molecule has 1 fully saturated rings. The summed E-state index contributed by atoms with van der Waals surface area (Å²) < 4.78 is 43.4. The summed E-state index contributed by atoms with van der Waals surface area (Å²) in [6.07, 6.45) is -3.75. The zero-order valence-electron chi connectivity index (χ0n) is 13.9. The van der Waals surface area contributed by atoms with Crippen molar-refractivity contribution in [3.05, 3.63) is 29.8 Å². The molecule has 1 N–H and O–H groups in total. The number of esters is 1. The third-order valence-electron chi connectivity index (χ3n) is 4.03. The molecule has 5 nitrogen and oxygen atoms in total. The third kappa shape index (κ3) is 5.45. The van der Waals surface area contributed by atoms with E-state index < -0.39 is 24.0 Å². The molecule has 1 aliphatic rings. The predicted molar refractivity (Wildman–Crippen MR) is 86.2 cm³/mol. The Morgan fingerprint density at radius 3 is 2.72 bits per heavy atom. The second-order valence-corrected chi connectivity index (χ2v) is 5.93. The molecular weight excluding hydrogens is 337 g/mol. The molecule has 0 aromatic heterocycles.